The van der Waals surface area contributed by atoms with Gasteiger partial charge in [-0.05, 0) is 44.9 Å². The summed E-state index contributed by atoms with van der Waals surface area (Å²) in [5.41, 5.74) is 0. The number of hydrogen-bond donors (Lipinski definition) is 0. The first-order valence-corrected chi connectivity index (χ1v) is 12.7. The van der Waals surface area contributed by atoms with E-state index >= 15 is 0 Å². The van der Waals surface area contributed by atoms with Gasteiger partial charge in [0.2, 0.25) is 0 Å². The molecule has 0 saturated heterocycles. The SMILES string of the molecule is O=S(=O)(C1CCCCC1)C1(S(=O)(=O)C2CCCCC2)C=CCCC1. The van der Waals surface area contributed by atoms with Crippen LogP contribution in [0.2, 0.25) is 0 Å². The second-order valence-electron chi connectivity index (χ2n) is 7.72. The lowest BCUT2D eigenvalue weighted by molar-refractivity contribution is 0.456. The lowest BCUT2D eigenvalue weighted by Crippen LogP contribution is -2.53. The molecular formula is C18H30O4S2. The van der Waals surface area contributed by atoms with Gasteiger partial charge >= 0.3 is 0 Å². The van der Waals surface area contributed by atoms with Crippen LogP contribution in [0.25, 0.3) is 0 Å². The van der Waals surface area contributed by atoms with Crippen molar-refractivity contribution in [3.63, 3.8) is 0 Å². The van der Waals surface area contributed by atoms with Crippen LogP contribution in [0.4, 0.5) is 0 Å². The van der Waals surface area contributed by atoms with Crippen LogP contribution < -0.4 is 0 Å². The zero-order valence-electron chi connectivity index (χ0n) is 14.5. The van der Waals surface area contributed by atoms with E-state index in [1.807, 2.05) is 0 Å². The van der Waals surface area contributed by atoms with Gasteiger partial charge in [0.1, 0.15) is 0 Å². The smallest absolute Gasteiger partial charge is 0.191 e. The standard InChI is InChI=1S/C18H30O4S2/c19-23(20,16-10-4-1-5-11-16)18(14-8-3-9-15-18)24(21,22)17-12-6-2-7-13-17/h8,14,16-17H,1-7,9-13,15H2. The van der Waals surface area contributed by atoms with Gasteiger partial charge in [-0.1, -0.05) is 50.7 Å². The molecule has 0 aromatic carbocycles. The molecule has 2 saturated carbocycles. The Hall–Kier alpha value is -0.360. The molecule has 0 unspecified atom stereocenters. The van der Waals surface area contributed by atoms with Crippen molar-refractivity contribution in [3.8, 4) is 0 Å². The molecule has 0 amide bonds. The maximum atomic E-state index is 13.5. The number of hydrogen-bond acceptors (Lipinski definition) is 4. The Morgan fingerprint density at radius 1 is 0.667 bits per heavy atom. The molecule has 0 heterocycles. The Kier molecular flexibility index (Phi) is 5.45. The molecular weight excluding hydrogens is 344 g/mol. The van der Waals surface area contributed by atoms with Crippen molar-refractivity contribution in [2.24, 2.45) is 0 Å². The van der Waals surface area contributed by atoms with Crippen LogP contribution in [0.1, 0.15) is 83.5 Å². The molecule has 0 aliphatic heterocycles. The van der Waals surface area contributed by atoms with Gasteiger partial charge in [0.25, 0.3) is 0 Å². The van der Waals surface area contributed by atoms with Crippen LogP contribution in [-0.2, 0) is 19.7 Å². The Balaban J connectivity index is 2.04. The van der Waals surface area contributed by atoms with E-state index in [4.69, 9.17) is 0 Å². The van der Waals surface area contributed by atoms with Gasteiger partial charge in [-0.3, -0.25) is 0 Å². The molecule has 0 bridgehead atoms. The summed E-state index contributed by atoms with van der Waals surface area (Å²) in [5, 5.41) is -0.959. The maximum absolute atomic E-state index is 13.5. The lowest BCUT2D eigenvalue weighted by atomic mass is 10.0. The van der Waals surface area contributed by atoms with Crippen LogP contribution >= 0.6 is 0 Å². The fourth-order valence-electron chi connectivity index (χ4n) is 4.76. The van der Waals surface area contributed by atoms with Crippen molar-refractivity contribution in [2.75, 3.05) is 0 Å². The zero-order chi connectivity index (χ0) is 17.3. The Labute approximate surface area is 146 Å². The van der Waals surface area contributed by atoms with Gasteiger partial charge in [-0.2, -0.15) is 0 Å². The van der Waals surface area contributed by atoms with E-state index in [-0.39, 0.29) is 6.42 Å². The molecule has 3 aliphatic rings. The van der Waals surface area contributed by atoms with Crippen LogP contribution in [0.3, 0.4) is 0 Å². The third-order valence-corrected chi connectivity index (χ3v) is 12.9. The molecule has 6 heteroatoms. The molecule has 3 rings (SSSR count). The summed E-state index contributed by atoms with van der Waals surface area (Å²) in [6.07, 6.45) is 13.2. The molecule has 0 spiro atoms. The fraction of sp³-hybridized carbons (Fsp3) is 0.889. The summed E-state index contributed by atoms with van der Waals surface area (Å²) in [6.45, 7) is 0. The van der Waals surface area contributed by atoms with Crippen LogP contribution in [0.5, 0.6) is 0 Å². The molecule has 0 atom stereocenters. The minimum absolute atomic E-state index is 0.251. The summed E-state index contributed by atoms with van der Waals surface area (Å²) in [7, 11) is -7.46. The van der Waals surface area contributed by atoms with E-state index in [0.717, 1.165) is 44.9 Å². The van der Waals surface area contributed by atoms with E-state index in [1.54, 1.807) is 12.2 Å². The van der Waals surface area contributed by atoms with Gasteiger partial charge in [0.05, 0.1) is 10.5 Å². The summed E-state index contributed by atoms with van der Waals surface area (Å²) < 4.78 is 52.4. The number of rotatable bonds is 4. The van der Waals surface area contributed by atoms with Crippen LogP contribution in [0.15, 0.2) is 12.2 Å². The average molecular weight is 375 g/mol. The molecule has 0 radical (unpaired) electrons. The molecule has 0 N–H and O–H groups in total. The van der Waals surface area contributed by atoms with E-state index in [1.165, 1.54) is 0 Å². The third kappa shape index (κ3) is 2.98. The molecule has 0 aromatic rings. The van der Waals surface area contributed by atoms with Crippen molar-refractivity contribution in [3.05, 3.63) is 12.2 Å². The van der Waals surface area contributed by atoms with E-state index in [9.17, 15) is 16.8 Å². The Morgan fingerprint density at radius 2 is 1.12 bits per heavy atom. The van der Waals surface area contributed by atoms with Gasteiger partial charge < -0.3 is 0 Å². The molecule has 3 aliphatic carbocycles. The first kappa shape index (κ1) is 18.4. The summed E-state index contributed by atoms with van der Waals surface area (Å²) in [4.78, 5) is 0. The van der Waals surface area contributed by atoms with Gasteiger partial charge in [0, 0.05) is 0 Å². The first-order valence-electron chi connectivity index (χ1n) is 9.56. The fourth-order valence-corrected chi connectivity index (χ4v) is 11.3. The van der Waals surface area contributed by atoms with Gasteiger partial charge in [0.15, 0.2) is 23.8 Å². The molecule has 138 valence electrons. The normalized spacial score (nSPS) is 27.2. The van der Waals surface area contributed by atoms with E-state index in [0.29, 0.717) is 32.1 Å². The van der Waals surface area contributed by atoms with Crippen LogP contribution in [-0.4, -0.2) is 31.4 Å². The van der Waals surface area contributed by atoms with E-state index < -0.39 is 34.3 Å². The average Bonchev–Trinajstić information content (AvgIpc) is 2.63. The number of sulfone groups is 2. The second kappa shape index (κ2) is 7.10. The summed E-state index contributed by atoms with van der Waals surface area (Å²) in [5.74, 6) is 0. The highest BCUT2D eigenvalue weighted by Crippen LogP contribution is 2.45. The molecule has 0 aromatic heterocycles. The molecule has 2 fully saturated rings. The highest BCUT2D eigenvalue weighted by Gasteiger charge is 2.57. The summed E-state index contributed by atoms with van der Waals surface area (Å²) in [6, 6.07) is 0. The van der Waals surface area contributed by atoms with Gasteiger partial charge in [-0.25, -0.2) is 16.8 Å². The second-order valence-corrected chi connectivity index (χ2v) is 12.9. The predicted molar refractivity (Wildman–Crippen MR) is 97.3 cm³/mol. The summed E-state index contributed by atoms with van der Waals surface area (Å²) >= 11 is 0. The highest BCUT2D eigenvalue weighted by atomic mass is 32.3. The monoisotopic (exact) mass is 374 g/mol. The Morgan fingerprint density at radius 3 is 1.50 bits per heavy atom. The van der Waals surface area contributed by atoms with Crippen molar-refractivity contribution in [1.29, 1.82) is 0 Å². The largest absolute Gasteiger partial charge is 0.227 e. The van der Waals surface area contributed by atoms with E-state index in [2.05, 4.69) is 0 Å². The number of allylic oxidation sites excluding steroid dienone is 1. The first-order chi connectivity index (χ1) is 11.4. The van der Waals surface area contributed by atoms with Gasteiger partial charge in [-0.15, -0.1) is 0 Å². The highest BCUT2D eigenvalue weighted by molar-refractivity contribution is 8.11. The van der Waals surface area contributed by atoms with Crippen LogP contribution in [0, 0.1) is 0 Å². The Bertz CT molecular complexity index is 616. The predicted octanol–water partition coefficient (Wildman–Crippen LogP) is 3.92. The third-order valence-electron chi connectivity index (χ3n) is 6.21. The maximum Gasteiger partial charge on any atom is 0.191 e. The lowest BCUT2D eigenvalue weighted by Gasteiger charge is -2.39. The molecule has 24 heavy (non-hydrogen) atoms. The topological polar surface area (TPSA) is 68.3 Å². The molecule has 4 nitrogen and oxygen atoms in total. The zero-order valence-corrected chi connectivity index (χ0v) is 16.1. The quantitative estimate of drug-likeness (QED) is 0.700. The minimum atomic E-state index is -3.73. The minimum Gasteiger partial charge on any atom is -0.227 e. The van der Waals surface area contributed by atoms with Crippen molar-refractivity contribution >= 4 is 19.7 Å². The van der Waals surface area contributed by atoms with Crippen molar-refractivity contribution in [1.82, 2.24) is 0 Å². The van der Waals surface area contributed by atoms with Crippen molar-refractivity contribution < 1.29 is 16.8 Å². The van der Waals surface area contributed by atoms with Crippen molar-refractivity contribution in [2.45, 2.75) is 98.0 Å².